The van der Waals surface area contributed by atoms with Crippen molar-refractivity contribution in [2.24, 2.45) is 11.1 Å². The van der Waals surface area contributed by atoms with Crippen molar-refractivity contribution in [3.63, 3.8) is 0 Å². The standard InChI is InChI=1S/C12H19NO/c13-9-12(7-8-12)11(14)10-5-3-1-2-4-6-10/h5H,1-4,6-9,13H2. The van der Waals surface area contributed by atoms with E-state index in [1.807, 2.05) is 0 Å². The fraction of sp³-hybridized carbons (Fsp3) is 0.750. The highest BCUT2D eigenvalue weighted by Crippen LogP contribution is 2.47. The summed E-state index contributed by atoms with van der Waals surface area (Å²) in [6.07, 6.45) is 9.94. The second kappa shape index (κ2) is 3.85. The smallest absolute Gasteiger partial charge is 0.165 e. The average Bonchev–Trinajstić information content (AvgIpc) is 3.03. The van der Waals surface area contributed by atoms with E-state index >= 15 is 0 Å². The number of hydrogen-bond acceptors (Lipinski definition) is 2. The SMILES string of the molecule is NCC1(C(=O)C2=CCCCCC2)CC1. The Kier molecular flexibility index (Phi) is 2.73. The van der Waals surface area contributed by atoms with Crippen LogP contribution in [-0.4, -0.2) is 12.3 Å². The van der Waals surface area contributed by atoms with Gasteiger partial charge in [0, 0.05) is 12.0 Å². The molecule has 0 unspecified atom stereocenters. The highest BCUT2D eigenvalue weighted by molar-refractivity contribution is 6.01. The third-order valence-corrected chi connectivity index (χ3v) is 3.56. The Balaban J connectivity index is 2.06. The molecule has 2 N–H and O–H groups in total. The van der Waals surface area contributed by atoms with Crippen LogP contribution in [0.4, 0.5) is 0 Å². The summed E-state index contributed by atoms with van der Waals surface area (Å²) in [5.74, 6) is 0.363. The fourth-order valence-corrected chi connectivity index (χ4v) is 2.24. The zero-order valence-electron chi connectivity index (χ0n) is 8.72. The van der Waals surface area contributed by atoms with Gasteiger partial charge in [0.1, 0.15) is 0 Å². The number of Topliss-reactive ketones (excluding diaryl/α,β-unsaturated/α-hetero) is 1. The quantitative estimate of drug-likeness (QED) is 0.746. The largest absolute Gasteiger partial charge is 0.329 e. The van der Waals surface area contributed by atoms with Gasteiger partial charge in [-0.1, -0.05) is 12.5 Å². The van der Waals surface area contributed by atoms with Gasteiger partial charge in [0.25, 0.3) is 0 Å². The van der Waals surface area contributed by atoms with Crippen LogP contribution in [0.5, 0.6) is 0 Å². The van der Waals surface area contributed by atoms with Crippen molar-refractivity contribution >= 4 is 5.78 Å². The number of hydrogen-bond donors (Lipinski definition) is 1. The third kappa shape index (κ3) is 1.76. The van der Waals surface area contributed by atoms with Gasteiger partial charge in [0.2, 0.25) is 0 Å². The van der Waals surface area contributed by atoms with Crippen molar-refractivity contribution in [1.29, 1.82) is 0 Å². The topological polar surface area (TPSA) is 43.1 Å². The highest BCUT2D eigenvalue weighted by Gasteiger charge is 2.48. The predicted octanol–water partition coefficient (Wildman–Crippen LogP) is 2.18. The molecule has 0 radical (unpaired) electrons. The third-order valence-electron chi connectivity index (χ3n) is 3.56. The Bertz CT molecular complexity index is 263. The summed E-state index contributed by atoms with van der Waals surface area (Å²) in [5.41, 5.74) is 6.61. The van der Waals surface area contributed by atoms with Crippen molar-refractivity contribution in [2.75, 3.05) is 6.54 Å². The molecule has 0 aliphatic heterocycles. The number of rotatable bonds is 3. The molecule has 0 bridgehead atoms. The van der Waals surface area contributed by atoms with Crippen LogP contribution < -0.4 is 5.73 Å². The maximum atomic E-state index is 12.1. The number of carbonyl (C=O) groups is 1. The molecule has 1 saturated carbocycles. The Hall–Kier alpha value is -0.630. The lowest BCUT2D eigenvalue weighted by Gasteiger charge is -2.12. The first-order chi connectivity index (χ1) is 6.78. The van der Waals surface area contributed by atoms with E-state index in [2.05, 4.69) is 6.08 Å². The minimum absolute atomic E-state index is 0.129. The molecular formula is C12H19NO. The molecule has 78 valence electrons. The Labute approximate surface area is 85.6 Å². The first-order valence-electron chi connectivity index (χ1n) is 5.72. The molecule has 0 aromatic rings. The van der Waals surface area contributed by atoms with Crippen LogP contribution in [0.15, 0.2) is 11.6 Å². The van der Waals surface area contributed by atoms with Gasteiger partial charge in [-0.15, -0.1) is 0 Å². The number of nitrogens with two attached hydrogens (primary N) is 1. The van der Waals surface area contributed by atoms with Gasteiger partial charge in [0.05, 0.1) is 0 Å². The van der Waals surface area contributed by atoms with Crippen LogP contribution in [0.1, 0.15) is 44.9 Å². The summed E-state index contributed by atoms with van der Waals surface area (Å²) in [5, 5.41) is 0. The average molecular weight is 193 g/mol. The van der Waals surface area contributed by atoms with Gasteiger partial charge in [-0.3, -0.25) is 4.79 Å². The van der Waals surface area contributed by atoms with Crippen molar-refractivity contribution in [3.8, 4) is 0 Å². The summed E-state index contributed by atoms with van der Waals surface area (Å²) in [6, 6.07) is 0. The van der Waals surface area contributed by atoms with Crippen LogP contribution in [0, 0.1) is 5.41 Å². The van der Waals surface area contributed by atoms with Crippen LogP contribution in [-0.2, 0) is 4.79 Å². The lowest BCUT2D eigenvalue weighted by atomic mass is 9.92. The van der Waals surface area contributed by atoms with Crippen LogP contribution in [0.2, 0.25) is 0 Å². The minimum atomic E-state index is -0.129. The Morgan fingerprint density at radius 2 is 2.14 bits per heavy atom. The molecule has 0 aromatic carbocycles. The first kappa shape index (κ1) is 9.91. The van der Waals surface area contributed by atoms with E-state index in [0.29, 0.717) is 12.3 Å². The van der Waals surface area contributed by atoms with Crippen LogP contribution in [0.3, 0.4) is 0 Å². The second-order valence-corrected chi connectivity index (χ2v) is 4.64. The molecule has 2 aliphatic carbocycles. The fourth-order valence-electron chi connectivity index (χ4n) is 2.24. The van der Waals surface area contributed by atoms with E-state index in [-0.39, 0.29) is 5.41 Å². The van der Waals surface area contributed by atoms with Gasteiger partial charge in [0.15, 0.2) is 5.78 Å². The van der Waals surface area contributed by atoms with Crippen molar-refractivity contribution in [2.45, 2.75) is 44.9 Å². The van der Waals surface area contributed by atoms with E-state index in [4.69, 9.17) is 5.73 Å². The first-order valence-corrected chi connectivity index (χ1v) is 5.72. The number of carbonyl (C=O) groups excluding carboxylic acids is 1. The molecule has 0 heterocycles. The second-order valence-electron chi connectivity index (χ2n) is 4.64. The normalized spacial score (nSPS) is 25.1. The maximum absolute atomic E-state index is 12.1. The molecule has 0 saturated heterocycles. The zero-order valence-corrected chi connectivity index (χ0v) is 8.72. The summed E-state index contributed by atoms with van der Waals surface area (Å²) < 4.78 is 0. The monoisotopic (exact) mass is 193 g/mol. The van der Waals surface area contributed by atoms with Crippen molar-refractivity contribution < 1.29 is 4.79 Å². The molecule has 1 fully saturated rings. The lowest BCUT2D eigenvalue weighted by Crippen LogP contribution is -2.26. The zero-order chi connectivity index (χ0) is 10.0. The molecule has 0 aromatic heterocycles. The molecule has 0 amide bonds. The number of allylic oxidation sites excluding steroid dienone is 2. The molecule has 2 heteroatoms. The van der Waals surface area contributed by atoms with Gasteiger partial charge >= 0.3 is 0 Å². The summed E-state index contributed by atoms with van der Waals surface area (Å²) >= 11 is 0. The van der Waals surface area contributed by atoms with Crippen LogP contribution >= 0.6 is 0 Å². The highest BCUT2D eigenvalue weighted by atomic mass is 16.1. The minimum Gasteiger partial charge on any atom is -0.329 e. The molecule has 14 heavy (non-hydrogen) atoms. The number of ketones is 1. The van der Waals surface area contributed by atoms with Gasteiger partial charge in [-0.25, -0.2) is 0 Å². The molecular weight excluding hydrogens is 174 g/mol. The Morgan fingerprint density at radius 1 is 1.36 bits per heavy atom. The van der Waals surface area contributed by atoms with Gasteiger partial charge in [-0.05, 0) is 44.1 Å². The van der Waals surface area contributed by atoms with Crippen molar-refractivity contribution in [1.82, 2.24) is 0 Å². The summed E-state index contributed by atoms with van der Waals surface area (Å²) in [4.78, 5) is 12.1. The molecule has 0 spiro atoms. The van der Waals surface area contributed by atoms with Gasteiger partial charge < -0.3 is 5.73 Å². The van der Waals surface area contributed by atoms with Crippen LogP contribution in [0.25, 0.3) is 0 Å². The van der Waals surface area contributed by atoms with Gasteiger partial charge in [-0.2, -0.15) is 0 Å². The lowest BCUT2D eigenvalue weighted by molar-refractivity contribution is -0.120. The van der Waals surface area contributed by atoms with E-state index in [9.17, 15) is 4.79 Å². The van der Waals surface area contributed by atoms with E-state index < -0.39 is 0 Å². The maximum Gasteiger partial charge on any atom is 0.165 e. The van der Waals surface area contributed by atoms with E-state index in [1.54, 1.807) is 0 Å². The molecule has 0 atom stereocenters. The summed E-state index contributed by atoms with van der Waals surface area (Å²) in [7, 11) is 0. The molecule has 2 nitrogen and oxygen atoms in total. The predicted molar refractivity (Wildman–Crippen MR) is 56.9 cm³/mol. The van der Waals surface area contributed by atoms with E-state index in [1.165, 1.54) is 19.3 Å². The summed E-state index contributed by atoms with van der Waals surface area (Å²) in [6.45, 7) is 0.545. The molecule has 2 rings (SSSR count). The van der Waals surface area contributed by atoms with E-state index in [0.717, 1.165) is 31.3 Å². The van der Waals surface area contributed by atoms with Crippen molar-refractivity contribution in [3.05, 3.63) is 11.6 Å². The molecule has 2 aliphatic rings. The Morgan fingerprint density at radius 3 is 2.79 bits per heavy atom.